The number of halogens is 1. The van der Waals surface area contributed by atoms with Crippen LogP contribution in [0.25, 0.3) is 0 Å². The zero-order valence-corrected chi connectivity index (χ0v) is 14.0. The van der Waals surface area contributed by atoms with E-state index in [0.29, 0.717) is 36.1 Å². The van der Waals surface area contributed by atoms with Crippen LogP contribution in [-0.2, 0) is 4.79 Å². The van der Waals surface area contributed by atoms with Crippen LogP contribution in [0.4, 0.5) is 5.69 Å². The molecular weight excluding hydrogens is 362 g/mol. The minimum atomic E-state index is -0.237. The fourth-order valence-electron chi connectivity index (χ4n) is 2.14. The van der Waals surface area contributed by atoms with Crippen molar-refractivity contribution in [3.05, 3.63) is 46.9 Å². The van der Waals surface area contributed by atoms with E-state index in [2.05, 4.69) is 21.2 Å². The first-order chi connectivity index (χ1) is 11.2. The lowest BCUT2D eigenvalue weighted by atomic mass is 10.2. The van der Waals surface area contributed by atoms with Gasteiger partial charge in [0.15, 0.2) is 18.1 Å². The van der Waals surface area contributed by atoms with Gasteiger partial charge in [0.2, 0.25) is 0 Å². The van der Waals surface area contributed by atoms with Crippen molar-refractivity contribution in [1.82, 2.24) is 0 Å². The van der Waals surface area contributed by atoms with Gasteiger partial charge in [0.25, 0.3) is 5.91 Å². The number of carbonyl (C=O) groups is 1. The number of anilines is 1. The van der Waals surface area contributed by atoms with Crippen molar-refractivity contribution in [2.24, 2.45) is 0 Å². The lowest BCUT2D eigenvalue weighted by Gasteiger charge is -2.11. The van der Waals surface area contributed by atoms with Crippen LogP contribution in [0.15, 0.2) is 46.9 Å². The van der Waals surface area contributed by atoms with E-state index in [1.807, 2.05) is 12.1 Å². The maximum atomic E-state index is 12.0. The van der Waals surface area contributed by atoms with E-state index in [9.17, 15) is 4.79 Å². The summed E-state index contributed by atoms with van der Waals surface area (Å²) in [6.07, 6.45) is 0.844. The molecule has 1 aliphatic rings. The first-order valence-electron chi connectivity index (χ1n) is 7.28. The van der Waals surface area contributed by atoms with Crippen molar-refractivity contribution in [2.75, 3.05) is 25.1 Å². The molecule has 6 heteroatoms. The van der Waals surface area contributed by atoms with Crippen LogP contribution in [0, 0.1) is 0 Å². The highest BCUT2D eigenvalue weighted by atomic mass is 79.9. The topological polar surface area (TPSA) is 56.8 Å². The Morgan fingerprint density at radius 1 is 1.13 bits per heavy atom. The average Bonchev–Trinajstić information content (AvgIpc) is 2.78. The molecule has 0 bridgehead atoms. The minimum Gasteiger partial charge on any atom is -0.490 e. The normalized spacial score (nSPS) is 13.1. The molecule has 0 unspecified atom stereocenters. The molecule has 1 N–H and O–H groups in total. The molecule has 1 aliphatic heterocycles. The van der Waals surface area contributed by atoms with Gasteiger partial charge in [-0.2, -0.15) is 0 Å². The summed E-state index contributed by atoms with van der Waals surface area (Å²) >= 11 is 3.36. The fourth-order valence-corrected chi connectivity index (χ4v) is 2.52. The zero-order chi connectivity index (χ0) is 16.1. The van der Waals surface area contributed by atoms with Crippen molar-refractivity contribution in [3.63, 3.8) is 0 Å². The van der Waals surface area contributed by atoms with Crippen molar-refractivity contribution in [3.8, 4) is 17.2 Å². The molecular formula is C17H16BrNO4. The molecule has 0 atom stereocenters. The molecule has 0 fully saturated rings. The number of rotatable bonds is 4. The van der Waals surface area contributed by atoms with Crippen molar-refractivity contribution in [1.29, 1.82) is 0 Å². The number of ether oxygens (including phenoxy) is 3. The van der Waals surface area contributed by atoms with Gasteiger partial charge in [-0.15, -0.1) is 0 Å². The van der Waals surface area contributed by atoms with Crippen LogP contribution in [0.5, 0.6) is 17.2 Å². The maximum Gasteiger partial charge on any atom is 0.262 e. The number of amides is 1. The highest BCUT2D eigenvalue weighted by Crippen LogP contribution is 2.32. The summed E-state index contributed by atoms with van der Waals surface area (Å²) in [7, 11) is 0. The summed E-state index contributed by atoms with van der Waals surface area (Å²) in [6, 6.07) is 12.7. The highest BCUT2D eigenvalue weighted by Gasteiger charge is 2.12. The molecule has 0 saturated heterocycles. The van der Waals surface area contributed by atoms with Gasteiger partial charge >= 0.3 is 0 Å². The van der Waals surface area contributed by atoms with Gasteiger partial charge in [-0.25, -0.2) is 0 Å². The third kappa shape index (κ3) is 4.39. The van der Waals surface area contributed by atoms with E-state index in [1.54, 1.807) is 30.3 Å². The SMILES string of the molecule is O=C(COc1cccc(Br)c1)Nc1ccc2c(c1)OCCCO2. The summed E-state index contributed by atoms with van der Waals surface area (Å²) in [4.78, 5) is 12.0. The molecule has 0 saturated carbocycles. The smallest absolute Gasteiger partial charge is 0.262 e. The number of carbonyl (C=O) groups excluding carboxylic acids is 1. The Morgan fingerprint density at radius 3 is 2.78 bits per heavy atom. The molecule has 0 aromatic heterocycles. The van der Waals surface area contributed by atoms with Crippen LogP contribution in [0.1, 0.15) is 6.42 Å². The summed E-state index contributed by atoms with van der Waals surface area (Å²) in [5.74, 6) is 1.74. The second kappa shape index (κ2) is 7.37. The average molecular weight is 378 g/mol. The van der Waals surface area contributed by atoms with E-state index in [1.165, 1.54) is 0 Å². The minimum absolute atomic E-state index is 0.0646. The van der Waals surface area contributed by atoms with Gasteiger partial charge in [-0.3, -0.25) is 4.79 Å². The fraction of sp³-hybridized carbons (Fsp3) is 0.235. The van der Waals surface area contributed by atoms with Gasteiger partial charge in [0.1, 0.15) is 5.75 Å². The largest absolute Gasteiger partial charge is 0.490 e. The third-order valence-corrected chi connectivity index (χ3v) is 3.69. The quantitative estimate of drug-likeness (QED) is 0.883. The molecule has 120 valence electrons. The van der Waals surface area contributed by atoms with Gasteiger partial charge in [0, 0.05) is 22.6 Å². The van der Waals surface area contributed by atoms with Crippen LogP contribution in [0.3, 0.4) is 0 Å². The molecule has 1 amide bonds. The summed E-state index contributed by atoms with van der Waals surface area (Å²) < 4.78 is 17.5. The molecule has 0 spiro atoms. The van der Waals surface area contributed by atoms with E-state index in [4.69, 9.17) is 14.2 Å². The Bertz CT molecular complexity index is 705. The predicted molar refractivity (Wildman–Crippen MR) is 90.3 cm³/mol. The second-order valence-corrected chi connectivity index (χ2v) is 5.92. The van der Waals surface area contributed by atoms with Crippen LogP contribution in [0.2, 0.25) is 0 Å². The molecule has 0 radical (unpaired) electrons. The molecule has 0 aliphatic carbocycles. The maximum absolute atomic E-state index is 12.0. The van der Waals surface area contributed by atoms with E-state index in [-0.39, 0.29) is 12.5 Å². The van der Waals surface area contributed by atoms with Gasteiger partial charge in [-0.1, -0.05) is 22.0 Å². The third-order valence-electron chi connectivity index (χ3n) is 3.20. The second-order valence-electron chi connectivity index (χ2n) is 5.01. The Hall–Kier alpha value is -2.21. The Kier molecular flexibility index (Phi) is 5.02. The zero-order valence-electron chi connectivity index (χ0n) is 12.4. The van der Waals surface area contributed by atoms with Crippen molar-refractivity contribution in [2.45, 2.75) is 6.42 Å². The van der Waals surface area contributed by atoms with Gasteiger partial charge in [0.05, 0.1) is 13.2 Å². The lowest BCUT2D eigenvalue weighted by Crippen LogP contribution is -2.20. The van der Waals surface area contributed by atoms with E-state index in [0.717, 1.165) is 10.9 Å². The molecule has 5 nitrogen and oxygen atoms in total. The highest BCUT2D eigenvalue weighted by molar-refractivity contribution is 9.10. The molecule has 2 aromatic rings. The lowest BCUT2D eigenvalue weighted by molar-refractivity contribution is -0.118. The van der Waals surface area contributed by atoms with Gasteiger partial charge in [-0.05, 0) is 30.3 Å². The number of hydrogen-bond donors (Lipinski definition) is 1. The first-order valence-corrected chi connectivity index (χ1v) is 8.08. The first kappa shape index (κ1) is 15.7. The summed E-state index contributed by atoms with van der Waals surface area (Å²) in [5, 5.41) is 2.79. The number of benzene rings is 2. The Labute approximate surface area is 142 Å². The van der Waals surface area contributed by atoms with E-state index < -0.39 is 0 Å². The molecule has 1 heterocycles. The standard InChI is InChI=1S/C17H16BrNO4/c18-12-3-1-4-14(9-12)23-11-17(20)19-13-5-6-15-16(10-13)22-8-2-7-21-15/h1,3-6,9-10H,2,7-8,11H2,(H,19,20). The number of fused-ring (bicyclic) bond motifs is 1. The number of hydrogen-bond acceptors (Lipinski definition) is 4. The van der Waals surface area contributed by atoms with Crippen molar-refractivity contribution < 1.29 is 19.0 Å². The Morgan fingerprint density at radius 2 is 1.96 bits per heavy atom. The van der Waals surface area contributed by atoms with E-state index >= 15 is 0 Å². The van der Waals surface area contributed by atoms with Crippen LogP contribution in [-0.4, -0.2) is 25.7 Å². The predicted octanol–water partition coefficient (Wildman–Crippen LogP) is 3.63. The molecule has 2 aromatic carbocycles. The Balaban J connectivity index is 1.58. The van der Waals surface area contributed by atoms with Gasteiger partial charge < -0.3 is 19.5 Å². The molecule has 3 rings (SSSR count). The van der Waals surface area contributed by atoms with Crippen molar-refractivity contribution >= 4 is 27.5 Å². The number of nitrogens with one attached hydrogen (secondary N) is 1. The summed E-state index contributed by atoms with van der Waals surface area (Å²) in [6.45, 7) is 1.18. The molecule has 23 heavy (non-hydrogen) atoms. The summed E-state index contributed by atoms with van der Waals surface area (Å²) in [5.41, 5.74) is 0.650. The van der Waals surface area contributed by atoms with Crippen LogP contribution < -0.4 is 19.5 Å². The monoisotopic (exact) mass is 377 g/mol. The van der Waals surface area contributed by atoms with Crippen LogP contribution >= 0.6 is 15.9 Å².